The van der Waals surface area contributed by atoms with Gasteiger partial charge in [0.05, 0.1) is 6.20 Å². The van der Waals surface area contributed by atoms with Crippen LogP contribution in [0.3, 0.4) is 0 Å². The molecule has 1 aromatic carbocycles. The van der Waals surface area contributed by atoms with Gasteiger partial charge in [-0.05, 0) is 50.5 Å². The Morgan fingerprint density at radius 2 is 1.85 bits per heavy atom. The van der Waals surface area contributed by atoms with Crippen molar-refractivity contribution in [1.29, 1.82) is 0 Å². The zero-order chi connectivity index (χ0) is 14.5. The molecule has 1 aromatic heterocycles. The van der Waals surface area contributed by atoms with E-state index < -0.39 is 0 Å². The summed E-state index contributed by atoms with van der Waals surface area (Å²) in [6.07, 6.45) is 2.64. The molecule has 0 amide bonds. The summed E-state index contributed by atoms with van der Waals surface area (Å²) >= 11 is 0. The van der Waals surface area contributed by atoms with E-state index in [2.05, 4.69) is 71.7 Å². The summed E-state index contributed by atoms with van der Waals surface area (Å²) in [6, 6.07) is 6.63. The molecule has 0 radical (unpaired) electrons. The molecule has 0 saturated carbocycles. The zero-order valence-corrected chi connectivity index (χ0v) is 12.4. The number of aryl methyl sites for hydroxylation is 2. The molecule has 20 heavy (non-hydrogen) atoms. The molecular formula is C15H21N5. The van der Waals surface area contributed by atoms with Gasteiger partial charge in [0.25, 0.3) is 0 Å². The average molecular weight is 271 g/mol. The van der Waals surface area contributed by atoms with E-state index in [-0.39, 0.29) is 0 Å². The fourth-order valence-electron chi connectivity index (χ4n) is 1.94. The number of aromatic nitrogens is 3. The lowest BCUT2D eigenvalue weighted by Gasteiger charge is -2.12. The largest absolute Gasteiger partial charge is 0.350 e. The van der Waals surface area contributed by atoms with Gasteiger partial charge in [0.1, 0.15) is 0 Å². The maximum absolute atomic E-state index is 4.42. The van der Waals surface area contributed by atoms with Crippen molar-refractivity contribution in [3.05, 3.63) is 35.5 Å². The van der Waals surface area contributed by atoms with Crippen LogP contribution < -0.4 is 10.6 Å². The highest BCUT2D eigenvalue weighted by Gasteiger charge is 2.04. The van der Waals surface area contributed by atoms with Crippen molar-refractivity contribution >= 4 is 17.5 Å². The van der Waals surface area contributed by atoms with Crippen molar-refractivity contribution in [3.63, 3.8) is 0 Å². The van der Waals surface area contributed by atoms with Crippen molar-refractivity contribution in [2.24, 2.45) is 0 Å². The van der Waals surface area contributed by atoms with Crippen LogP contribution in [0.4, 0.5) is 17.5 Å². The van der Waals surface area contributed by atoms with Crippen LogP contribution in [-0.2, 0) is 0 Å². The van der Waals surface area contributed by atoms with Gasteiger partial charge < -0.3 is 10.6 Å². The normalized spacial score (nSPS) is 12.0. The van der Waals surface area contributed by atoms with Crippen LogP contribution in [0.2, 0.25) is 0 Å². The topological polar surface area (TPSA) is 62.7 Å². The van der Waals surface area contributed by atoms with Crippen LogP contribution in [-0.4, -0.2) is 21.2 Å². The molecule has 0 spiro atoms. The van der Waals surface area contributed by atoms with Crippen LogP contribution in [0.15, 0.2) is 24.4 Å². The molecule has 1 heterocycles. The lowest BCUT2D eigenvalue weighted by atomic mass is 10.1. The van der Waals surface area contributed by atoms with Crippen LogP contribution in [0.25, 0.3) is 0 Å². The van der Waals surface area contributed by atoms with E-state index in [1.165, 1.54) is 11.1 Å². The average Bonchev–Trinajstić information content (AvgIpc) is 2.37. The lowest BCUT2D eigenvalue weighted by molar-refractivity contribution is 0.746. The number of nitrogens with one attached hydrogen (secondary N) is 2. The Kier molecular flexibility index (Phi) is 4.50. The second-order valence-corrected chi connectivity index (χ2v) is 5.12. The highest BCUT2D eigenvalue weighted by atomic mass is 15.3. The van der Waals surface area contributed by atoms with E-state index in [1.54, 1.807) is 6.20 Å². The number of nitrogens with zero attached hydrogens (tertiary/aromatic N) is 3. The summed E-state index contributed by atoms with van der Waals surface area (Å²) in [5.74, 6) is 1.24. The predicted molar refractivity (Wildman–Crippen MR) is 82.4 cm³/mol. The van der Waals surface area contributed by atoms with E-state index in [9.17, 15) is 0 Å². The molecule has 2 rings (SSSR count). The van der Waals surface area contributed by atoms with Gasteiger partial charge in [-0.3, -0.25) is 0 Å². The molecule has 0 saturated heterocycles. The molecule has 0 fully saturated rings. The van der Waals surface area contributed by atoms with Crippen molar-refractivity contribution in [3.8, 4) is 0 Å². The number of hydrogen-bond donors (Lipinski definition) is 2. The summed E-state index contributed by atoms with van der Waals surface area (Å²) in [5, 5.41) is 14.4. The number of hydrogen-bond acceptors (Lipinski definition) is 5. The second-order valence-electron chi connectivity index (χ2n) is 5.12. The predicted octanol–water partition coefficient (Wildman–Crippen LogP) is 3.44. The van der Waals surface area contributed by atoms with E-state index in [0.717, 1.165) is 12.1 Å². The summed E-state index contributed by atoms with van der Waals surface area (Å²) in [6.45, 7) is 8.36. The summed E-state index contributed by atoms with van der Waals surface area (Å²) in [5.41, 5.74) is 3.44. The molecule has 0 aliphatic rings. The fourth-order valence-corrected chi connectivity index (χ4v) is 1.94. The quantitative estimate of drug-likeness (QED) is 0.872. The highest BCUT2D eigenvalue weighted by molar-refractivity contribution is 5.58. The smallest absolute Gasteiger partial charge is 0.244 e. The van der Waals surface area contributed by atoms with E-state index in [0.29, 0.717) is 17.8 Å². The first kappa shape index (κ1) is 14.2. The third-order valence-corrected chi connectivity index (χ3v) is 3.04. The molecule has 0 aliphatic heterocycles. The highest BCUT2D eigenvalue weighted by Crippen LogP contribution is 2.18. The van der Waals surface area contributed by atoms with Gasteiger partial charge in [-0.1, -0.05) is 13.0 Å². The van der Waals surface area contributed by atoms with Gasteiger partial charge in [0.15, 0.2) is 5.82 Å². The minimum atomic E-state index is 0.327. The van der Waals surface area contributed by atoms with Gasteiger partial charge in [-0.2, -0.15) is 10.1 Å². The molecule has 2 N–H and O–H groups in total. The first-order chi connectivity index (χ1) is 9.56. The summed E-state index contributed by atoms with van der Waals surface area (Å²) in [7, 11) is 0. The molecular weight excluding hydrogens is 250 g/mol. The van der Waals surface area contributed by atoms with Crippen LogP contribution >= 0.6 is 0 Å². The second kappa shape index (κ2) is 6.32. The fraction of sp³-hybridized carbons (Fsp3) is 0.400. The van der Waals surface area contributed by atoms with Crippen molar-refractivity contribution in [2.45, 2.75) is 40.2 Å². The molecule has 5 heteroatoms. The van der Waals surface area contributed by atoms with Crippen LogP contribution in [0.1, 0.15) is 31.4 Å². The lowest BCUT2D eigenvalue weighted by Crippen LogP contribution is -2.16. The molecule has 0 aliphatic carbocycles. The Morgan fingerprint density at radius 1 is 1.15 bits per heavy atom. The van der Waals surface area contributed by atoms with Gasteiger partial charge in [-0.25, -0.2) is 0 Å². The first-order valence-corrected chi connectivity index (χ1v) is 6.88. The Labute approximate surface area is 119 Å². The molecule has 1 unspecified atom stereocenters. The van der Waals surface area contributed by atoms with E-state index >= 15 is 0 Å². The van der Waals surface area contributed by atoms with Crippen LogP contribution in [0.5, 0.6) is 0 Å². The minimum absolute atomic E-state index is 0.327. The standard InChI is InChI=1S/C15H21N5/c1-5-12(4)17-15-19-14(9-16-20-15)18-13-7-10(2)6-11(3)8-13/h6-9,12H,5H2,1-4H3,(H2,17,18,19,20). The molecule has 106 valence electrons. The third-order valence-electron chi connectivity index (χ3n) is 3.04. The van der Waals surface area contributed by atoms with Crippen molar-refractivity contribution in [1.82, 2.24) is 15.2 Å². The van der Waals surface area contributed by atoms with Gasteiger partial charge in [-0.15, -0.1) is 5.10 Å². The SMILES string of the molecule is CCC(C)Nc1nncc(Nc2cc(C)cc(C)c2)n1. The van der Waals surface area contributed by atoms with E-state index in [1.807, 2.05) is 0 Å². The maximum Gasteiger partial charge on any atom is 0.244 e. The Balaban J connectivity index is 2.15. The molecule has 5 nitrogen and oxygen atoms in total. The van der Waals surface area contributed by atoms with E-state index in [4.69, 9.17) is 0 Å². The zero-order valence-electron chi connectivity index (χ0n) is 12.4. The third kappa shape index (κ3) is 3.91. The minimum Gasteiger partial charge on any atom is -0.350 e. The Bertz CT molecular complexity index is 562. The number of anilines is 3. The summed E-state index contributed by atoms with van der Waals surface area (Å²) < 4.78 is 0. The molecule has 2 aromatic rings. The molecule has 0 bridgehead atoms. The van der Waals surface area contributed by atoms with Gasteiger partial charge in [0, 0.05) is 11.7 Å². The van der Waals surface area contributed by atoms with Gasteiger partial charge >= 0.3 is 0 Å². The Morgan fingerprint density at radius 3 is 2.50 bits per heavy atom. The Hall–Kier alpha value is -2.17. The first-order valence-electron chi connectivity index (χ1n) is 6.88. The summed E-state index contributed by atoms with van der Waals surface area (Å²) in [4.78, 5) is 4.42. The number of rotatable bonds is 5. The number of benzene rings is 1. The molecule has 1 atom stereocenters. The monoisotopic (exact) mass is 271 g/mol. The van der Waals surface area contributed by atoms with Crippen LogP contribution in [0, 0.1) is 13.8 Å². The maximum atomic E-state index is 4.42. The van der Waals surface area contributed by atoms with Crippen molar-refractivity contribution < 1.29 is 0 Å². The van der Waals surface area contributed by atoms with Crippen molar-refractivity contribution in [2.75, 3.05) is 10.6 Å². The van der Waals surface area contributed by atoms with Gasteiger partial charge in [0.2, 0.25) is 5.95 Å².